The summed E-state index contributed by atoms with van der Waals surface area (Å²) in [6.45, 7) is 14.4. The Kier molecular flexibility index (Phi) is 45.9. The van der Waals surface area contributed by atoms with Gasteiger partial charge in [-0.2, -0.15) is 0 Å². The SMILES string of the molecule is C.CC.CC(C)C.CC(C)N. The summed E-state index contributed by atoms with van der Waals surface area (Å²) in [5.41, 5.74) is 5.11. The summed E-state index contributed by atoms with van der Waals surface area (Å²) in [7, 11) is 0. The molecule has 1 heteroatoms. The molecule has 74 valence electrons. The second kappa shape index (κ2) is 22.5. The predicted octanol–water partition coefficient (Wildman–Crippen LogP) is 3.68. The highest BCUT2D eigenvalue weighted by Gasteiger charge is 1.68. The minimum Gasteiger partial charge on any atom is -0.328 e. The molecule has 0 aliphatic rings. The Morgan fingerprint density at radius 2 is 0.818 bits per heavy atom. The Hall–Kier alpha value is -0.0400. The van der Waals surface area contributed by atoms with Crippen LogP contribution in [0.25, 0.3) is 0 Å². The number of nitrogens with two attached hydrogens (primary N) is 1. The summed E-state index contributed by atoms with van der Waals surface area (Å²) in [5.74, 6) is 0.833. The van der Waals surface area contributed by atoms with E-state index in [1.54, 1.807) is 0 Å². The molecule has 11 heavy (non-hydrogen) atoms. The van der Waals surface area contributed by atoms with E-state index in [4.69, 9.17) is 5.73 Å². The van der Waals surface area contributed by atoms with Gasteiger partial charge in [0.05, 0.1) is 0 Å². The summed E-state index contributed by atoms with van der Waals surface area (Å²) >= 11 is 0. The predicted molar refractivity (Wildman–Crippen MR) is 57.9 cm³/mol. The number of rotatable bonds is 0. The Bertz CT molecular complexity index is 20.3. The van der Waals surface area contributed by atoms with E-state index in [0.717, 1.165) is 5.92 Å². The van der Waals surface area contributed by atoms with E-state index < -0.39 is 0 Å². The van der Waals surface area contributed by atoms with Crippen molar-refractivity contribution in [1.82, 2.24) is 0 Å². The summed E-state index contributed by atoms with van der Waals surface area (Å²) in [6.07, 6.45) is 0. The van der Waals surface area contributed by atoms with Gasteiger partial charge >= 0.3 is 0 Å². The topological polar surface area (TPSA) is 26.0 Å². The Morgan fingerprint density at radius 1 is 0.818 bits per heavy atom. The van der Waals surface area contributed by atoms with Crippen LogP contribution < -0.4 is 5.73 Å². The fourth-order valence-corrected chi connectivity index (χ4v) is 0. The molecular weight excluding hydrogens is 134 g/mol. The molecule has 0 rings (SSSR count). The van der Waals surface area contributed by atoms with Crippen molar-refractivity contribution in [2.75, 3.05) is 0 Å². The minimum absolute atomic E-state index is 0. The van der Waals surface area contributed by atoms with Gasteiger partial charge in [-0.05, 0) is 12.0 Å². The average molecular weight is 163 g/mol. The van der Waals surface area contributed by atoms with E-state index in [0.29, 0.717) is 6.04 Å². The van der Waals surface area contributed by atoms with Crippen molar-refractivity contribution in [1.29, 1.82) is 0 Å². The van der Waals surface area contributed by atoms with Gasteiger partial charge in [-0.1, -0.05) is 55.9 Å². The van der Waals surface area contributed by atoms with Gasteiger partial charge in [-0.3, -0.25) is 0 Å². The summed E-state index contributed by atoms with van der Waals surface area (Å²) in [6, 6.07) is 0.333. The molecule has 0 heterocycles. The lowest BCUT2D eigenvalue weighted by Gasteiger charge is -1.81. The first-order valence-corrected chi connectivity index (χ1v) is 4.22. The molecule has 0 atom stereocenters. The zero-order chi connectivity index (χ0) is 9.15. The smallest absolute Gasteiger partial charge is 0.00179 e. The molecule has 0 fully saturated rings. The van der Waals surface area contributed by atoms with E-state index in [1.165, 1.54) is 0 Å². The Morgan fingerprint density at radius 3 is 0.818 bits per heavy atom. The minimum atomic E-state index is 0. The maximum Gasteiger partial charge on any atom is -0.00179 e. The van der Waals surface area contributed by atoms with Crippen LogP contribution in [0.15, 0.2) is 0 Å². The molecule has 0 aromatic carbocycles. The van der Waals surface area contributed by atoms with Crippen LogP contribution in [-0.4, -0.2) is 6.04 Å². The van der Waals surface area contributed by atoms with Crippen molar-refractivity contribution in [2.45, 2.75) is 61.9 Å². The van der Waals surface area contributed by atoms with Crippen molar-refractivity contribution in [2.24, 2.45) is 11.7 Å². The van der Waals surface area contributed by atoms with E-state index >= 15 is 0 Å². The highest BCUT2D eigenvalue weighted by molar-refractivity contribution is 4.32. The first kappa shape index (κ1) is 22.4. The molecule has 2 N–H and O–H groups in total. The summed E-state index contributed by atoms with van der Waals surface area (Å²) < 4.78 is 0. The molecule has 0 aromatic rings. The molecule has 0 bridgehead atoms. The quantitative estimate of drug-likeness (QED) is 0.579. The van der Waals surface area contributed by atoms with Crippen LogP contribution >= 0.6 is 0 Å². The molecule has 0 amide bonds. The van der Waals surface area contributed by atoms with E-state index in [-0.39, 0.29) is 7.43 Å². The van der Waals surface area contributed by atoms with Gasteiger partial charge in [-0.15, -0.1) is 0 Å². The van der Waals surface area contributed by atoms with Gasteiger partial charge in [-0.25, -0.2) is 0 Å². The van der Waals surface area contributed by atoms with Crippen LogP contribution in [0.5, 0.6) is 0 Å². The maximum absolute atomic E-state index is 5.11. The maximum atomic E-state index is 5.11. The van der Waals surface area contributed by atoms with Crippen molar-refractivity contribution in [3.05, 3.63) is 0 Å². The largest absolute Gasteiger partial charge is 0.328 e. The zero-order valence-corrected chi connectivity index (χ0v) is 8.73. The molecule has 0 aromatic heterocycles. The number of hydrogen-bond acceptors (Lipinski definition) is 1. The molecule has 0 aliphatic heterocycles. The molecule has 0 saturated carbocycles. The van der Waals surface area contributed by atoms with Gasteiger partial charge in [0.1, 0.15) is 0 Å². The fourth-order valence-electron chi connectivity index (χ4n) is 0. The van der Waals surface area contributed by atoms with Gasteiger partial charge in [0.25, 0.3) is 0 Å². The van der Waals surface area contributed by atoms with Gasteiger partial charge in [0.2, 0.25) is 0 Å². The molecule has 1 nitrogen and oxygen atoms in total. The van der Waals surface area contributed by atoms with Crippen molar-refractivity contribution >= 4 is 0 Å². The third kappa shape index (κ3) is 394000. The van der Waals surface area contributed by atoms with Crippen LogP contribution in [0.2, 0.25) is 0 Å². The Labute approximate surface area is 74.4 Å². The first-order chi connectivity index (χ1) is 4.46. The lowest BCUT2D eigenvalue weighted by atomic mass is 10.3. The summed E-state index contributed by atoms with van der Waals surface area (Å²) in [5, 5.41) is 0. The molecule has 0 radical (unpaired) electrons. The molecule has 0 unspecified atom stereocenters. The van der Waals surface area contributed by atoms with Crippen LogP contribution in [-0.2, 0) is 0 Å². The van der Waals surface area contributed by atoms with E-state index in [1.807, 2.05) is 27.7 Å². The second-order valence-electron chi connectivity index (χ2n) is 2.98. The Balaban J connectivity index is -0.0000000339. The molecule has 0 spiro atoms. The van der Waals surface area contributed by atoms with Crippen molar-refractivity contribution < 1.29 is 0 Å². The first-order valence-electron chi connectivity index (χ1n) is 4.22. The second-order valence-corrected chi connectivity index (χ2v) is 2.98. The summed E-state index contributed by atoms with van der Waals surface area (Å²) in [4.78, 5) is 0. The van der Waals surface area contributed by atoms with Gasteiger partial charge < -0.3 is 5.73 Å². The van der Waals surface area contributed by atoms with Crippen LogP contribution in [0.4, 0.5) is 0 Å². The van der Waals surface area contributed by atoms with Crippen LogP contribution in [0.1, 0.15) is 55.9 Å². The third-order valence-corrected chi connectivity index (χ3v) is 0. The van der Waals surface area contributed by atoms with Gasteiger partial charge in [0.15, 0.2) is 0 Å². The molecule has 0 saturated heterocycles. The van der Waals surface area contributed by atoms with E-state index in [2.05, 4.69) is 20.8 Å². The number of hydrogen-bond donors (Lipinski definition) is 1. The van der Waals surface area contributed by atoms with Crippen molar-refractivity contribution in [3.63, 3.8) is 0 Å². The fraction of sp³-hybridized carbons (Fsp3) is 1.00. The van der Waals surface area contributed by atoms with Gasteiger partial charge in [0, 0.05) is 0 Å². The highest BCUT2D eigenvalue weighted by Crippen LogP contribution is 1.81. The third-order valence-electron chi connectivity index (χ3n) is 0. The lowest BCUT2D eigenvalue weighted by molar-refractivity contribution is 0.737. The van der Waals surface area contributed by atoms with Crippen molar-refractivity contribution in [3.8, 4) is 0 Å². The molecule has 0 aliphatic carbocycles. The van der Waals surface area contributed by atoms with Crippen LogP contribution in [0, 0.1) is 5.92 Å². The molecular formula is C10H29N. The lowest BCUT2D eigenvalue weighted by Crippen LogP contribution is -2.06. The standard InChI is InChI=1S/C4H10.C3H9N.C2H6.CH4/c1-4(2)3;1-3(2)4;1-2;/h4H,1-3H3;3H,4H2,1-2H3;1-2H3;1H4. The van der Waals surface area contributed by atoms with E-state index in [9.17, 15) is 0 Å². The monoisotopic (exact) mass is 163 g/mol. The normalized spacial score (nSPS) is 7.09. The average Bonchev–Trinajstić information content (AvgIpc) is 1.66. The highest BCUT2D eigenvalue weighted by atomic mass is 14.6. The van der Waals surface area contributed by atoms with Crippen LogP contribution in [0.3, 0.4) is 0 Å². The zero-order valence-electron chi connectivity index (χ0n) is 8.73.